The normalized spacial score (nSPS) is 10.7. The van der Waals surface area contributed by atoms with Crippen molar-refractivity contribution in [1.29, 1.82) is 0 Å². The molecular formula is C12H13ClN2O. The highest BCUT2D eigenvalue weighted by Gasteiger charge is 2.05. The SMILES string of the molecule is Cc1nn(-c2cccc(Cl)c2)cc1CCO. The molecule has 3 nitrogen and oxygen atoms in total. The molecule has 0 unspecified atom stereocenters. The van der Waals surface area contributed by atoms with Gasteiger partial charge in [-0.25, -0.2) is 4.68 Å². The summed E-state index contributed by atoms with van der Waals surface area (Å²) in [6.45, 7) is 2.08. The predicted molar refractivity (Wildman–Crippen MR) is 64.1 cm³/mol. The minimum absolute atomic E-state index is 0.141. The number of aromatic nitrogens is 2. The van der Waals surface area contributed by atoms with Gasteiger partial charge in [-0.3, -0.25) is 0 Å². The number of rotatable bonds is 3. The van der Waals surface area contributed by atoms with Gasteiger partial charge in [0.05, 0.1) is 11.4 Å². The van der Waals surface area contributed by atoms with Gasteiger partial charge in [0.2, 0.25) is 0 Å². The van der Waals surface area contributed by atoms with Crippen molar-refractivity contribution in [3.05, 3.63) is 46.7 Å². The summed E-state index contributed by atoms with van der Waals surface area (Å²) >= 11 is 5.92. The van der Waals surface area contributed by atoms with Gasteiger partial charge in [0, 0.05) is 17.8 Å². The lowest BCUT2D eigenvalue weighted by Crippen LogP contribution is -1.94. The van der Waals surface area contributed by atoms with E-state index < -0.39 is 0 Å². The van der Waals surface area contributed by atoms with Crippen molar-refractivity contribution in [2.24, 2.45) is 0 Å². The molecular weight excluding hydrogens is 224 g/mol. The van der Waals surface area contributed by atoms with E-state index in [1.807, 2.05) is 37.4 Å². The molecule has 0 bridgehead atoms. The van der Waals surface area contributed by atoms with Crippen LogP contribution in [0.25, 0.3) is 5.69 Å². The average Bonchev–Trinajstić information content (AvgIpc) is 2.61. The van der Waals surface area contributed by atoms with E-state index in [0.717, 1.165) is 16.9 Å². The fourth-order valence-electron chi connectivity index (χ4n) is 1.61. The van der Waals surface area contributed by atoms with Gasteiger partial charge in [-0.15, -0.1) is 0 Å². The zero-order chi connectivity index (χ0) is 11.5. The van der Waals surface area contributed by atoms with Crippen LogP contribution in [-0.2, 0) is 6.42 Å². The predicted octanol–water partition coefficient (Wildman–Crippen LogP) is 2.37. The molecule has 0 spiro atoms. The number of halogens is 1. The van der Waals surface area contributed by atoms with E-state index in [4.69, 9.17) is 16.7 Å². The summed E-state index contributed by atoms with van der Waals surface area (Å²) in [5.41, 5.74) is 2.93. The topological polar surface area (TPSA) is 38.0 Å². The lowest BCUT2D eigenvalue weighted by molar-refractivity contribution is 0.299. The monoisotopic (exact) mass is 236 g/mol. The number of nitrogens with zero attached hydrogens (tertiary/aromatic N) is 2. The van der Waals surface area contributed by atoms with Crippen molar-refractivity contribution in [3.63, 3.8) is 0 Å². The maximum absolute atomic E-state index is 8.91. The number of aryl methyl sites for hydroxylation is 1. The summed E-state index contributed by atoms with van der Waals surface area (Å²) in [5, 5.41) is 14.0. The molecule has 0 radical (unpaired) electrons. The van der Waals surface area contributed by atoms with Crippen LogP contribution in [0.15, 0.2) is 30.5 Å². The van der Waals surface area contributed by atoms with E-state index in [1.165, 1.54) is 0 Å². The Morgan fingerprint density at radius 1 is 1.44 bits per heavy atom. The summed E-state index contributed by atoms with van der Waals surface area (Å²) in [7, 11) is 0. The van der Waals surface area contributed by atoms with Crippen LogP contribution in [0.2, 0.25) is 5.02 Å². The maximum Gasteiger partial charge on any atom is 0.0660 e. The Labute approximate surface area is 99.3 Å². The first kappa shape index (κ1) is 11.2. The Bertz CT molecular complexity index is 494. The summed E-state index contributed by atoms with van der Waals surface area (Å²) in [4.78, 5) is 0. The molecule has 0 amide bonds. The van der Waals surface area contributed by atoms with Crippen molar-refractivity contribution in [2.75, 3.05) is 6.61 Å². The molecule has 0 saturated carbocycles. The van der Waals surface area contributed by atoms with E-state index in [9.17, 15) is 0 Å². The Hall–Kier alpha value is -1.32. The van der Waals surface area contributed by atoms with Crippen LogP contribution < -0.4 is 0 Å². The van der Waals surface area contributed by atoms with Crippen LogP contribution in [0.4, 0.5) is 0 Å². The molecule has 16 heavy (non-hydrogen) atoms. The lowest BCUT2D eigenvalue weighted by Gasteiger charge is -2.00. The van der Waals surface area contributed by atoms with Crippen LogP contribution in [0, 0.1) is 6.92 Å². The number of benzene rings is 1. The number of aliphatic hydroxyl groups excluding tert-OH is 1. The maximum atomic E-state index is 8.91. The Morgan fingerprint density at radius 3 is 2.94 bits per heavy atom. The van der Waals surface area contributed by atoms with Gasteiger partial charge in [-0.2, -0.15) is 5.10 Å². The third kappa shape index (κ3) is 2.26. The quantitative estimate of drug-likeness (QED) is 0.889. The molecule has 0 atom stereocenters. The molecule has 84 valence electrons. The van der Waals surface area contributed by atoms with E-state index in [0.29, 0.717) is 11.4 Å². The molecule has 2 rings (SSSR count). The second-order valence-corrected chi connectivity index (χ2v) is 4.07. The molecule has 2 aromatic rings. The van der Waals surface area contributed by atoms with E-state index in [1.54, 1.807) is 4.68 Å². The zero-order valence-corrected chi connectivity index (χ0v) is 9.78. The fraction of sp³-hybridized carbons (Fsp3) is 0.250. The first-order valence-electron chi connectivity index (χ1n) is 5.12. The molecule has 1 heterocycles. The Kier molecular flexibility index (Phi) is 3.27. The van der Waals surface area contributed by atoms with Gasteiger partial charge in [0.15, 0.2) is 0 Å². The Morgan fingerprint density at radius 2 is 2.25 bits per heavy atom. The first-order valence-corrected chi connectivity index (χ1v) is 5.50. The van der Waals surface area contributed by atoms with Gasteiger partial charge in [-0.1, -0.05) is 17.7 Å². The first-order chi connectivity index (χ1) is 7.70. The molecule has 0 fully saturated rings. The summed E-state index contributed by atoms with van der Waals surface area (Å²) < 4.78 is 1.78. The smallest absolute Gasteiger partial charge is 0.0660 e. The molecule has 0 aliphatic carbocycles. The third-order valence-corrected chi connectivity index (χ3v) is 2.69. The Balaban J connectivity index is 2.37. The van der Waals surface area contributed by atoms with Crippen LogP contribution in [0.1, 0.15) is 11.3 Å². The van der Waals surface area contributed by atoms with Crippen molar-refractivity contribution in [3.8, 4) is 5.69 Å². The number of aliphatic hydroxyl groups is 1. The van der Waals surface area contributed by atoms with Crippen molar-refractivity contribution in [1.82, 2.24) is 9.78 Å². The summed E-state index contributed by atoms with van der Waals surface area (Å²) in [5.74, 6) is 0. The molecule has 0 aliphatic heterocycles. The van der Waals surface area contributed by atoms with E-state index in [2.05, 4.69) is 5.10 Å². The number of hydrogen-bond donors (Lipinski definition) is 1. The van der Waals surface area contributed by atoms with Crippen molar-refractivity contribution < 1.29 is 5.11 Å². The highest BCUT2D eigenvalue weighted by molar-refractivity contribution is 6.30. The van der Waals surface area contributed by atoms with Gasteiger partial charge >= 0.3 is 0 Å². The van der Waals surface area contributed by atoms with Crippen molar-refractivity contribution >= 4 is 11.6 Å². The molecule has 1 N–H and O–H groups in total. The molecule has 0 saturated heterocycles. The molecule has 1 aromatic heterocycles. The highest BCUT2D eigenvalue weighted by atomic mass is 35.5. The minimum atomic E-state index is 0.141. The van der Waals surface area contributed by atoms with Gasteiger partial charge in [0.1, 0.15) is 0 Å². The lowest BCUT2D eigenvalue weighted by atomic mass is 10.2. The summed E-state index contributed by atoms with van der Waals surface area (Å²) in [6, 6.07) is 7.52. The van der Waals surface area contributed by atoms with Crippen molar-refractivity contribution in [2.45, 2.75) is 13.3 Å². The van der Waals surface area contributed by atoms with E-state index >= 15 is 0 Å². The van der Waals surface area contributed by atoms with Crippen LogP contribution >= 0.6 is 11.6 Å². The molecule has 1 aromatic carbocycles. The second-order valence-electron chi connectivity index (χ2n) is 3.64. The minimum Gasteiger partial charge on any atom is -0.396 e. The standard InChI is InChI=1S/C12H13ClN2O/c1-9-10(5-6-16)8-15(14-9)12-4-2-3-11(13)7-12/h2-4,7-8,16H,5-6H2,1H3. The number of hydrogen-bond acceptors (Lipinski definition) is 2. The van der Waals surface area contributed by atoms with Crippen LogP contribution in [0.5, 0.6) is 0 Å². The molecule has 4 heteroatoms. The molecule has 0 aliphatic rings. The zero-order valence-electron chi connectivity index (χ0n) is 9.02. The van der Waals surface area contributed by atoms with E-state index in [-0.39, 0.29) is 6.61 Å². The van der Waals surface area contributed by atoms with Gasteiger partial charge in [0.25, 0.3) is 0 Å². The largest absolute Gasteiger partial charge is 0.396 e. The highest BCUT2D eigenvalue weighted by Crippen LogP contribution is 2.16. The van der Waals surface area contributed by atoms with Crippen LogP contribution in [0.3, 0.4) is 0 Å². The van der Waals surface area contributed by atoms with Gasteiger partial charge < -0.3 is 5.11 Å². The van der Waals surface area contributed by atoms with Gasteiger partial charge in [-0.05, 0) is 37.1 Å². The second kappa shape index (κ2) is 4.68. The average molecular weight is 237 g/mol. The third-order valence-electron chi connectivity index (χ3n) is 2.45. The fourth-order valence-corrected chi connectivity index (χ4v) is 1.80. The van der Waals surface area contributed by atoms with Crippen LogP contribution in [-0.4, -0.2) is 21.5 Å². The summed E-state index contributed by atoms with van der Waals surface area (Å²) in [6.07, 6.45) is 2.56.